The van der Waals surface area contributed by atoms with Gasteiger partial charge in [-0.05, 0) is 65.6 Å². The minimum absolute atomic E-state index is 0.517. The largest absolute Gasteiger partial charge is 0.330 e. The van der Waals surface area contributed by atoms with Gasteiger partial charge in [0.1, 0.15) is 0 Å². The number of rotatable bonds is 5. The van der Waals surface area contributed by atoms with Gasteiger partial charge in [-0.2, -0.15) is 0 Å². The van der Waals surface area contributed by atoms with Gasteiger partial charge in [0.15, 0.2) is 0 Å². The second-order valence-electron chi connectivity index (χ2n) is 7.05. The molecule has 0 aromatic carbocycles. The molecule has 2 heterocycles. The predicted molar refractivity (Wildman–Crippen MR) is 86.3 cm³/mol. The highest BCUT2D eigenvalue weighted by atomic mass is 15.2. The van der Waals surface area contributed by atoms with E-state index >= 15 is 0 Å². The first-order valence-electron chi connectivity index (χ1n) is 8.64. The fourth-order valence-corrected chi connectivity index (χ4v) is 3.94. The predicted octanol–water partition coefficient (Wildman–Crippen LogP) is 2.99. The van der Waals surface area contributed by atoms with E-state index in [4.69, 9.17) is 0 Å². The molecule has 0 amide bonds. The molecular weight excluding hydrogens is 260 g/mol. The van der Waals surface area contributed by atoms with Gasteiger partial charge in [0.25, 0.3) is 0 Å². The fourth-order valence-electron chi connectivity index (χ4n) is 3.94. The van der Waals surface area contributed by atoms with Crippen LogP contribution in [0.4, 0.5) is 0 Å². The van der Waals surface area contributed by atoms with E-state index in [-0.39, 0.29) is 0 Å². The maximum atomic E-state index is 4.49. The van der Waals surface area contributed by atoms with E-state index in [1.165, 1.54) is 44.3 Å². The first kappa shape index (κ1) is 15.0. The van der Waals surface area contributed by atoms with Crippen LogP contribution in [0, 0.1) is 5.92 Å². The van der Waals surface area contributed by atoms with Crippen molar-refractivity contribution in [2.45, 2.75) is 64.1 Å². The van der Waals surface area contributed by atoms with Gasteiger partial charge in [0.05, 0.1) is 18.1 Å². The summed E-state index contributed by atoms with van der Waals surface area (Å²) >= 11 is 0. The molecule has 2 aliphatic rings. The maximum Gasteiger partial charge on any atom is 0.0951 e. The van der Waals surface area contributed by atoms with Gasteiger partial charge in [0, 0.05) is 18.3 Å². The number of nitrogens with zero attached hydrogens (tertiary/aromatic N) is 3. The highest BCUT2D eigenvalue weighted by molar-refractivity contribution is 5.12. The fraction of sp³-hybridized carbons (Fsp3) is 0.824. The van der Waals surface area contributed by atoms with Crippen LogP contribution in [0.1, 0.15) is 63.7 Å². The van der Waals surface area contributed by atoms with Crippen molar-refractivity contribution < 1.29 is 0 Å². The van der Waals surface area contributed by atoms with Crippen LogP contribution < -0.4 is 5.32 Å². The first-order chi connectivity index (χ1) is 10.2. The van der Waals surface area contributed by atoms with Crippen molar-refractivity contribution in [1.29, 1.82) is 0 Å². The van der Waals surface area contributed by atoms with Crippen LogP contribution in [0.5, 0.6) is 0 Å². The molecule has 21 heavy (non-hydrogen) atoms. The molecule has 1 aromatic rings. The number of imidazole rings is 1. The minimum atomic E-state index is 0.517. The van der Waals surface area contributed by atoms with Gasteiger partial charge >= 0.3 is 0 Å². The summed E-state index contributed by atoms with van der Waals surface area (Å²) in [5, 5.41) is 3.42. The number of nitrogens with one attached hydrogen (secondary N) is 1. The molecule has 118 valence electrons. The average molecular weight is 290 g/mol. The molecular formula is C17H30N4. The molecule has 2 fully saturated rings. The van der Waals surface area contributed by atoms with E-state index in [2.05, 4.69) is 53.2 Å². The molecule has 0 bridgehead atoms. The van der Waals surface area contributed by atoms with Crippen molar-refractivity contribution in [3.63, 3.8) is 0 Å². The average Bonchev–Trinajstić information content (AvgIpc) is 3.23. The Kier molecular flexibility index (Phi) is 4.65. The summed E-state index contributed by atoms with van der Waals surface area (Å²) in [5.74, 6) is 0.689. The third-order valence-corrected chi connectivity index (χ3v) is 5.11. The lowest BCUT2D eigenvalue weighted by Gasteiger charge is -2.38. The van der Waals surface area contributed by atoms with Crippen LogP contribution >= 0.6 is 0 Å². The maximum absolute atomic E-state index is 4.49. The zero-order valence-corrected chi connectivity index (χ0v) is 13.8. The van der Waals surface area contributed by atoms with E-state index in [0.717, 1.165) is 12.6 Å². The van der Waals surface area contributed by atoms with E-state index < -0.39 is 0 Å². The highest BCUT2D eigenvalue weighted by Crippen LogP contribution is 2.41. The SMILES string of the molecule is CNCC1CCCCN(C(C)C)C1c1cncn1C1CC1. The zero-order chi connectivity index (χ0) is 14.8. The van der Waals surface area contributed by atoms with Gasteiger partial charge in [-0.25, -0.2) is 4.98 Å². The Bertz CT molecular complexity index is 449. The van der Waals surface area contributed by atoms with Gasteiger partial charge in [-0.1, -0.05) is 6.42 Å². The summed E-state index contributed by atoms with van der Waals surface area (Å²) in [6.07, 6.45) is 10.8. The Morgan fingerprint density at radius 3 is 2.76 bits per heavy atom. The number of hydrogen-bond donors (Lipinski definition) is 1. The zero-order valence-electron chi connectivity index (χ0n) is 13.8. The number of hydrogen-bond acceptors (Lipinski definition) is 3. The van der Waals surface area contributed by atoms with Crippen molar-refractivity contribution in [3.8, 4) is 0 Å². The number of likely N-dealkylation sites (tertiary alicyclic amines) is 1. The third-order valence-electron chi connectivity index (χ3n) is 5.11. The highest BCUT2D eigenvalue weighted by Gasteiger charge is 2.36. The molecule has 4 nitrogen and oxygen atoms in total. The smallest absolute Gasteiger partial charge is 0.0951 e. The third kappa shape index (κ3) is 3.16. The summed E-state index contributed by atoms with van der Waals surface area (Å²) in [7, 11) is 2.08. The lowest BCUT2D eigenvalue weighted by atomic mass is 9.91. The van der Waals surface area contributed by atoms with Gasteiger partial charge in [-0.3, -0.25) is 4.90 Å². The molecule has 1 saturated carbocycles. The van der Waals surface area contributed by atoms with E-state index in [1.54, 1.807) is 0 Å². The molecule has 1 N–H and O–H groups in total. The minimum Gasteiger partial charge on any atom is -0.330 e. The molecule has 1 saturated heterocycles. The normalized spacial score (nSPS) is 28.0. The lowest BCUT2D eigenvalue weighted by Crippen LogP contribution is -2.41. The van der Waals surface area contributed by atoms with Gasteiger partial charge in [0.2, 0.25) is 0 Å². The Morgan fingerprint density at radius 1 is 1.29 bits per heavy atom. The van der Waals surface area contributed by atoms with Crippen molar-refractivity contribution in [2.24, 2.45) is 5.92 Å². The van der Waals surface area contributed by atoms with Crippen LogP contribution in [-0.4, -0.2) is 40.6 Å². The molecule has 3 rings (SSSR count). The summed E-state index contributed by atoms with van der Waals surface area (Å²) < 4.78 is 2.47. The molecule has 0 spiro atoms. The van der Waals surface area contributed by atoms with Crippen LogP contribution in [0.15, 0.2) is 12.5 Å². The second kappa shape index (κ2) is 6.49. The Balaban J connectivity index is 1.94. The molecule has 1 aliphatic carbocycles. The van der Waals surface area contributed by atoms with Crippen LogP contribution in [0.3, 0.4) is 0 Å². The summed E-state index contributed by atoms with van der Waals surface area (Å²) in [5.41, 5.74) is 1.45. The Morgan fingerprint density at radius 2 is 2.10 bits per heavy atom. The molecule has 0 radical (unpaired) electrons. The van der Waals surface area contributed by atoms with Crippen LogP contribution in [-0.2, 0) is 0 Å². The molecule has 2 atom stereocenters. The quantitative estimate of drug-likeness (QED) is 0.905. The van der Waals surface area contributed by atoms with Gasteiger partial charge in [-0.15, -0.1) is 0 Å². The molecule has 2 unspecified atom stereocenters. The van der Waals surface area contributed by atoms with Crippen molar-refractivity contribution >= 4 is 0 Å². The Hall–Kier alpha value is -0.870. The van der Waals surface area contributed by atoms with E-state index in [9.17, 15) is 0 Å². The molecule has 1 aromatic heterocycles. The topological polar surface area (TPSA) is 33.1 Å². The van der Waals surface area contributed by atoms with E-state index in [1.807, 2.05) is 0 Å². The standard InChI is InChI=1S/C17H30N4/c1-13(2)20-9-5-4-6-14(10-18-3)17(20)16-11-19-12-21(16)15-7-8-15/h11-15,17-18H,4-10H2,1-3H3. The van der Waals surface area contributed by atoms with E-state index in [0.29, 0.717) is 18.0 Å². The monoisotopic (exact) mass is 290 g/mol. The Labute approximate surface area is 128 Å². The van der Waals surface area contributed by atoms with Crippen LogP contribution in [0.2, 0.25) is 0 Å². The lowest BCUT2D eigenvalue weighted by molar-refractivity contribution is 0.112. The van der Waals surface area contributed by atoms with Crippen molar-refractivity contribution in [3.05, 3.63) is 18.2 Å². The second-order valence-corrected chi connectivity index (χ2v) is 7.05. The van der Waals surface area contributed by atoms with Gasteiger partial charge < -0.3 is 9.88 Å². The molecule has 1 aliphatic heterocycles. The van der Waals surface area contributed by atoms with Crippen LogP contribution in [0.25, 0.3) is 0 Å². The first-order valence-corrected chi connectivity index (χ1v) is 8.64. The summed E-state index contributed by atoms with van der Waals surface area (Å²) in [6, 6.07) is 1.83. The van der Waals surface area contributed by atoms with Crippen molar-refractivity contribution in [2.75, 3.05) is 20.1 Å². The van der Waals surface area contributed by atoms with Crippen molar-refractivity contribution in [1.82, 2.24) is 19.8 Å². The summed E-state index contributed by atoms with van der Waals surface area (Å²) in [4.78, 5) is 7.21. The number of aromatic nitrogens is 2. The molecule has 4 heteroatoms. The summed E-state index contributed by atoms with van der Waals surface area (Å²) in [6.45, 7) is 7.00.